The predicted molar refractivity (Wildman–Crippen MR) is 121 cm³/mol. The van der Waals surface area contributed by atoms with Gasteiger partial charge in [-0.1, -0.05) is 50.5 Å². The fraction of sp³-hybridized carbons (Fsp3) is 0.750. The Morgan fingerprint density at radius 3 is 2.56 bits per heavy atom. The number of allylic oxidation sites excluding steroid dienone is 4. The summed E-state index contributed by atoms with van der Waals surface area (Å²) in [5.41, 5.74) is 0. The first-order valence-corrected chi connectivity index (χ1v) is 11.7. The number of hydrogen-bond acceptors (Lipinski definition) is 7. The lowest BCUT2D eigenvalue weighted by atomic mass is 9.86. The fourth-order valence-electron chi connectivity index (χ4n) is 4.37. The number of methoxy groups -OCH3 is 1. The van der Waals surface area contributed by atoms with E-state index in [1.165, 1.54) is 33.3 Å². The highest BCUT2D eigenvalue weighted by atomic mass is 16.6. The van der Waals surface area contributed by atoms with E-state index < -0.39 is 24.1 Å². The van der Waals surface area contributed by atoms with Gasteiger partial charge in [-0.05, 0) is 50.4 Å². The van der Waals surface area contributed by atoms with Crippen molar-refractivity contribution in [2.45, 2.75) is 83.8 Å². The molecule has 1 fully saturated rings. The van der Waals surface area contributed by atoms with E-state index in [9.17, 15) is 24.8 Å². The monoisotopic (exact) mass is 453 g/mol. The number of nitro groups is 1. The van der Waals surface area contributed by atoms with Crippen LogP contribution in [0.2, 0.25) is 0 Å². The standard InChI is InChI=1S/C24H39NO7/c1-4-5-6-7-8-10-13-20-19(17-25(29)30)16-22(27)21(20)14-11-9-12-15-23(24(28)31-3)32-18(2)26/h9-11,13,19-23,27H,4-8,12,14-17H2,1-3H3/b11-9-,13-10+/t19-,20-,21+,22-,23?/m0/s1. The summed E-state index contributed by atoms with van der Waals surface area (Å²) in [6.07, 6.45) is 14.0. The molecule has 1 aliphatic carbocycles. The number of carbonyl (C=O) groups excluding carboxylic acids is 2. The molecule has 0 bridgehead atoms. The summed E-state index contributed by atoms with van der Waals surface area (Å²) < 4.78 is 9.64. The van der Waals surface area contributed by atoms with Gasteiger partial charge in [0.1, 0.15) is 0 Å². The van der Waals surface area contributed by atoms with Gasteiger partial charge in [0.05, 0.1) is 13.2 Å². The van der Waals surface area contributed by atoms with Gasteiger partial charge in [0.15, 0.2) is 6.10 Å². The molecule has 0 saturated heterocycles. The molecular weight excluding hydrogens is 414 g/mol. The summed E-state index contributed by atoms with van der Waals surface area (Å²) in [5.74, 6) is -1.41. The van der Waals surface area contributed by atoms with Crippen LogP contribution in [0.1, 0.15) is 71.6 Å². The number of aliphatic hydroxyl groups is 1. The Balaban J connectivity index is 2.66. The zero-order valence-electron chi connectivity index (χ0n) is 19.6. The minimum absolute atomic E-state index is 0.0323. The number of hydrogen-bond donors (Lipinski definition) is 1. The van der Waals surface area contributed by atoms with E-state index in [4.69, 9.17) is 4.74 Å². The van der Waals surface area contributed by atoms with E-state index >= 15 is 0 Å². The van der Waals surface area contributed by atoms with Gasteiger partial charge in [0, 0.05) is 17.8 Å². The van der Waals surface area contributed by atoms with Crippen LogP contribution in [-0.2, 0) is 19.1 Å². The van der Waals surface area contributed by atoms with E-state index in [1.54, 1.807) is 0 Å². The molecule has 0 aromatic rings. The minimum atomic E-state index is -0.938. The molecule has 1 aliphatic rings. The van der Waals surface area contributed by atoms with Crippen LogP contribution in [0.3, 0.4) is 0 Å². The van der Waals surface area contributed by atoms with Crippen LogP contribution < -0.4 is 0 Å². The number of ether oxygens (including phenoxy) is 2. The first-order valence-electron chi connectivity index (χ1n) is 11.7. The normalized spacial score (nSPS) is 24.1. The van der Waals surface area contributed by atoms with Crippen molar-refractivity contribution >= 4 is 11.9 Å². The topological polar surface area (TPSA) is 116 Å². The number of unbranched alkanes of at least 4 members (excludes halogenated alkanes) is 4. The molecule has 0 amide bonds. The molecule has 1 saturated carbocycles. The zero-order valence-corrected chi connectivity index (χ0v) is 19.6. The van der Waals surface area contributed by atoms with Crippen LogP contribution >= 0.6 is 0 Å². The quantitative estimate of drug-likeness (QED) is 0.130. The van der Waals surface area contributed by atoms with Crippen LogP contribution in [0.5, 0.6) is 0 Å². The van der Waals surface area contributed by atoms with Crippen molar-refractivity contribution in [3.8, 4) is 0 Å². The lowest BCUT2D eigenvalue weighted by Crippen LogP contribution is -2.27. The average molecular weight is 454 g/mol. The van der Waals surface area contributed by atoms with Crippen molar-refractivity contribution in [2.24, 2.45) is 17.8 Å². The highest BCUT2D eigenvalue weighted by Crippen LogP contribution is 2.41. The second kappa shape index (κ2) is 15.6. The van der Waals surface area contributed by atoms with Crippen molar-refractivity contribution in [1.29, 1.82) is 0 Å². The van der Waals surface area contributed by atoms with Gasteiger partial charge < -0.3 is 14.6 Å². The molecule has 5 atom stereocenters. The largest absolute Gasteiger partial charge is 0.466 e. The highest BCUT2D eigenvalue weighted by Gasteiger charge is 2.42. The Labute approximate surface area is 191 Å². The van der Waals surface area contributed by atoms with Crippen molar-refractivity contribution in [3.05, 3.63) is 34.4 Å². The van der Waals surface area contributed by atoms with E-state index in [1.807, 2.05) is 12.2 Å². The number of aliphatic hydroxyl groups excluding tert-OH is 1. The molecule has 0 aromatic heterocycles. The molecule has 0 radical (unpaired) electrons. The summed E-state index contributed by atoms with van der Waals surface area (Å²) >= 11 is 0. The van der Waals surface area contributed by atoms with Gasteiger partial charge in [0.25, 0.3) is 0 Å². The fourth-order valence-corrected chi connectivity index (χ4v) is 4.37. The summed E-state index contributed by atoms with van der Waals surface area (Å²) in [5, 5.41) is 21.6. The number of nitrogens with zero attached hydrogens (tertiary/aromatic N) is 1. The Kier molecular flexibility index (Phi) is 13.5. The van der Waals surface area contributed by atoms with Gasteiger partial charge in [0.2, 0.25) is 6.54 Å². The molecule has 0 spiro atoms. The van der Waals surface area contributed by atoms with Gasteiger partial charge in [-0.25, -0.2) is 4.79 Å². The summed E-state index contributed by atoms with van der Waals surface area (Å²) in [7, 11) is 1.25. The lowest BCUT2D eigenvalue weighted by Gasteiger charge is -2.20. The third kappa shape index (κ3) is 10.4. The maximum atomic E-state index is 11.7. The van der Waals surface area contributed by atoms with Gasteiger partial charge in [-0.15, -0.1) is 0 Å². The second-order valence-corrected chi connectivity index (χ2v) is 8.50. The van der Waals surface area contributed by atoms with Crippen molar-refractivity contribution in [1.82, 2.24) is 0 Å². The van der Waals surface area contributed by atoms with E-state index in [2.05, 4.69) is 23.8 Å². The zero-order chi connectivity index (χ0) is 23.9. The molecule has 1 unspecified atom stereocenters. The van der Waals surface area contributed by atoms with Crippen LogP contribution in [0.15, 0.2) is 24.3 Å². The maximum absolute atomic E-state index is 11.7. The number of rotatable bonds is 15. The molecule has 8 heteroatoms. The highest BCUT2D eigenvalue weighted by molar-refractivity contribution is 5.78. The van der Waals surface area contributed by atoms with Crippen molar-refractivity contribution in [3.63, 3.8) is 0 Å². The smallest absolute Gasteiger partial charge is 0.347 e. The lowest BCUT2D eigenvalue weighted by molar-refractivity contribution is -0.489. The molecule has 0 aliphatic heterocycles. The SMILES string of the molecule is CCCCCC/C=C/[C@H]1[C@H](C[N+](=O)[O-])C[C@H](O)[C@@H]1C/C=C\CCC(OC(C)=O)C(=O)OC. The molecule has 182 valence electrons. The Bertz CT molecular complexity index is 646. The van der Waals surface area contributed by atoms with Crippen molar-refractivity contribution < 1.29 is 29.1 Å². The van der Waals surface area contributed by atoms with Crippen LogP contribution in [0.4, 0.5) is 0 Å². The third-order valence-corrected chi connectivity index (χ3v) is 5.99. The molecule has 0 heterocycles. The first kappa shape index (κ1) is 27.8. The Morgan fingerprint density at radius 1 is 1.19 bits per heavy atom. The van der Waals surface area contributed by atoms with E-state index in [-0.39, 0.29) is 29.2 Å². The van der Waals surface area contributed by atoms with Gasteiger partial charge >= 0.3 is 11.9 Å². The maximum Gasteiger partial charge on any atom is 0.347 e. The summed E-state index contributed by atoms with van der Waals surface area (Å²) in [4.78, 5) is 33.6. The van der Waals surface area contributed by atoms with E-state index in [0.717, 1.165) is 12.8 Å². The van der Waals surface area contributed by atoms with E-state index in [0.29, 0.717) is 25.7 Å². The number of esters is 2. The van der Waals surface area contributed by atoms with Gasteiger partial charge in [-0.2, -0.15) is 0 Å². The number of carbonyl (C=O) groups is 2. The molecule has 1 rings (SSSR count). The average Bonchev–Trinajstić information content (AvgIpc) is 3.02. The van der Waals surface area contributed by atoms with Crippen LogP contribution in [-0.4, -0.2) is 47.8 Å². The Morgan fingerprint density at radius 2 is 1.94 bits per heavy atom. The Hall–Kier alpha value is -2.22. The molecular formula is C24H39NO7. The molecule has 0 aromatic carbocycles. The summed E-state index contributed by atoms with van der Waals surface area (Å²) in [6.45, 7) is 3.28. The molecule has 1 N–H and O–H groups in total. The molecule has 8 nitrogen and oxygen atoms in total. The first-order chi connectivity index (χ1) is 15.3. The summed E-state index contributed by atoms with van der Waals surface area (Å²) in [6, 6.07) is 0. The minimum Gasteiger partial charge on any atom is -0.466 e. The second-order valence-electron chi connectivity index (χ2n) is 8.50. The van der Waals surface area contributed by atoms with Crippen molar-refractivity contribution in [2.75, 3.05) is 13.7 Å². The third-order valence-electron chi connectivity index (χ3n) is 5.99. The predicted octanol–water partition coefficient (Wildman–Crippen LogP) is 4.23. The van der Waals surface area contributed by atoms with Crippen LogP contribution in [0, 0.1) is 27.9 Å². The van der Waals surface area contributed by atoms with Crippen LogP contribution in [0.25, 0.3) is 0 Å². The van der Waals surface area contributed by atoms with Gasteiger partial charge in [-0.3, -0.25) is 14.9 Å². The molecule has 32 heavy (non-hydrogen) atoms.